The molecule has 24 heavy (non-hydrogen) atoms. The zero-order chi connectivity index (χ0) is 17.0. The van der Waals surface area contributed by atoms with Crippen LogP contribution >= 0.6 is 0 Å². The van der Waals surface area contributed by atoms with Crippen LogP contribution in [0.3, 0.4) is 0 Å². The lowest BCUT2D eigenvalue weighted by Gasteiger charge is -2.37. The van der Waals surface area contributed by atoms with Gasteiger partial charge in [-0.05, 0) is 49.8 Å². The fourth-order valence-corrected chi connectivity index (χ4v) is 3.80. The average molecular weight is 332 g/mol. The van der Waals surface area contributed by atoms with Crippen LogP contribution in [0, 0.1) is 13.8 Å². The van der Waals surface area contributed by atoms with Crippen molar-refractivity contribution < 1.29 is 14.3 Å². The minimum Gasteiger partial charge on any atom is -0.378 e. The van der Waals surface area contributed by atoms with Crippen LogP contribution in [0.2, 0.25) is 0 Å². The maximum absolute atomic E-state index is 12.2. The van der Waals surface area contributed by atoms with Crippen LogP contribution in [0.5, 0.6) is 0 Å². The van der Waals surface area contributed by atoms with Crippen LogP contribution in [-0.2, 0) is 15.9 Å². The van der Waals surface area contributed by atoms with Crippen molar-refractivity contribution in [3.8, 4) is 0 Å². The zero-order valence-electron chi connectivity index (χ0n) is 14.7. The normalized spacial score (nSPS) is 26.5. The molecule has 0 aromatic heterocycles. The van der Waals surface area contributed by atoms with Gasteiger partial charge in [0.2, 0.25) is 0 Å². The van der Waals surface area contributed by atoms with Crippen molar-refractivity contribution in [3.05, 3.63) is 34.9 Å². The summed E-state index contributed by atoms with van der Waals surface area (Å²) in [5.41, 5.74) is 3.72. The number of carbonyl (C=O) groups excluding carboxylic acids is 1. The molecule has 2 N–H and O–H groups in total. The summed E-state index contributed by atoms with van der Waals surface area (Å²) in [7, 11) is 0. The van der Waals surface area contributed by atoms with E-state index in [1.165, 1.54) is 16.7 Å². The molecule has 0 radical (unpaired) electrons. The van der Waals surface area contributed by atoms with E-state index in [4.69, 9.17) is 9.47 Å². The van der Waals surface area contributed by atoms with Crippen molar-refractivity contribution in [1.29, 1.82) is 0 Å². The summed E-state index contributed by atoms with van der Waals surface area (Å²) < 4.78 is 11.4. The van der Waals surface area contributed by atoms with E-state index in [2.05, 4.69) is 42.7 Å². The van der Waals surface area contributed by atoms with Gasteiger partial charge in [0, 0.05) is 32.2 Å². The monoisotopic (exact) mass is 332 g/mol. The second-order valence-corrected chi connectivity index (χ2v) is 7.04. The number of aryl methyl sites for hydroxylation is 2. The lowest BCUT2D eigenvalue weighted by Crippen LogP contribution is -2.51. The Morgan fingerprint density at radius 1 is 1.29 bits per heavy atom. The van der Waals surface area contributed by atoms with Gasteiger partial charge < -0.3 is 20.1 Å². The molecule has 2 atom stereocenters. The molecule has 0 saturated carbocycles. The standard InChI is InChI=1S/C19H28N2O3/c1-14-4-3-5-15(2)17(14)6-9-20-18(22)21-16-7-10-24-19(12-16)8-11-23-13-19/h3-5,16H,6-13H2,1-2H3,(H2,20,21,22)/t16-,19+/m1/s1. The van der Waals surface area contributed by atoms with Gasteiger partial charge in [0.15, 0.2) is 0 Å². The molecule has 2 heterocycles. The lowest BCUT2D eigenvalue weighted by molar-refractivity contribution is -0.0878. The third-order valence-electron chi connectivity index (χ3n) is 5.20. The lowest BCUT2D eigenvalue weighted by atomic mass is 9.90. The summed E-state index contributed by atoms with van der Waals surface area (Å²) in [6.07, 6.45) is 3.50. The summed E-state index contributed by atoms with van der Waals surface area (Å²) in [5, 5.41) is 6.09. The molecule has 1 aromatic rings. The van der Waals surface area contributed by atoms with Gasteiger partial charge in [0.25, 0.3) is 0 Å². The van der Waals surface area contributed by atoms with Crippen LogP contribution in [0.25, 0.3) is 0 Å². The van der Waals surface area contributed by atoms with Gasteiger partial charge in [0.1, 0.15) is 0 Å². The Morgan fingerprint density at radius 2 is 2.08 bits per heavy atom. The number of nitrogens with one attached hydrogen (secondary N) is 2. The van der Waals surface area contributed by atoms with Crippen molar-refractivity contribution in [3.63, 3.8) is 0 Å². The van der Waals surface area contributed by atoms with Crippen LogP contribution in [-0.4, -0.2) is 44.0 Å². The van der Waals surface area contributed by atoms with E-state index in [0.717, 1.165) is 32.3 Å². The highest BCUT2D eigenvalue weighted by molar-refractivity contribution is 5.74. The molecule has 3 rings (SSSR count). The number of hydrogen-bond acceptors (Lipinski definition) is 3. The highest BCUT2D eigenvalue weighted by Gasteiger charge is 2.41. The van der Waals surface area contributed by atoms with Gasteiger partial charge in [-0.15, -0.1) is 0 Å². The van der Waals surface area contributed by atoms with Gasteiger partial charge in [-0.1, -0.05) is 18.2 Å². The summed E-state index contributed by atoms with van der Waals surface area (Å²) in [4.78, 5) is 12.2. The molecule has 2 fully saturated rings. The maximum Gasteiger partial charge on any atom is 0.315 e. The number of amides is 2. The minimum atomic E-state index is -0.172. The summed E-state index contributed by atoms with van der Waals surface area (Å²) >= 11 is 0. The molecular formula is C19H28N2O3. The van der Waals surface area contributed by atoms with Gasteiger partial charge in [-0.3, -0.25) is 0 Å². The Labute approximate surface area is 144 Å². The summed E-state index contributed by atoms with van der Waals surface area (Å²) in [6, 6.07) is 6.39. The van der Waals surface area contributed by atoms with Gasteiger partial charge in [-0.25, -0.2) is 4.79 Å². The zero-order valence-corrected chi connectivity index (χ0v) is 14.7. The summed E-state index contributed by atoms with van der Waals surface area (Å²) in [6.45, 7) is 6.99. The number of benzene rings is 1. The average Bonchev–Trinajstić information content (AvgIpc) is 2.98. The molecule has 132 valence electrons. The van der Waals surface area contributed by atoms with Crippen LogP contribution in [0.15, 0.2) is 18.2 Å². The molecule has 2 aliphatic rings. The molecule has 2 amide bonds. The second-order valence-electron chi connectivity index (χ2n) is 7.04. The molecule has 0 aliphatic carbocycles. The van der Waals surface area contributed by atoms with Crippen LogP contribution < -0.4 is 10.6 Å². The van der Waals surface area contributed by atoms with Gasteiger partial charge >= 0.3 is 6.03 Å². The quantitative estimate of drug-likeness (QED) is 0.890. The van der Waals surface area contributed by atoms with Crippen molar-refractivity contribution in [1.82, 2.24) is 10.6 Å². The molecule has 1 spiro atoms. The van der Waals surface area contributed by atoms with E-state index in [0.29, 0.717) is 19.8 Å². The van der Waals surface area contributed by atoms with E-state index in [9.17, 15) is 4.79 Å². The first kappa shape index (κ1) is 17.2. The van der Waals surface area contributed by atoms with E-state index < -0.39 is 0 Å². The molecular weight excluding hydrogens is 304 g/mol. The Morgan fingerprint density at radius 3 is 2.79 bits per heavy atom. The first-order chi connectivity index (χ1) is 11.6. The third-order valence-corrected chi connectivity index (χ3v) is 5.20. The predicted octanol–water partition coefficient (Wildman–Crippen LogP) is 2.48. The maximum atomic E-state index is 12.2. The first-order valence-electron chi connectivity index (χ1n) is 8.89. The molecule has 1 aromatic carbocycles. The number of carbonyl (C=O) groups is 1. The van der Waals surface area contributed by atoms with Crippen molar-refractivity contribution in [2.75, 3.05) is 26.4 Å². The molecule has 0 bridgehead atoms. The number of urea groups is 1. The first-order valence-corrected chi connectivity index (χ1v) is 8.89. The Bertz CT molecular complexity index is 562. The van der Waals surface area contributed by atoms with Gasteiger partial charge in [-0.2, -0.15) is 0 Å². The molecule has 0 unspecified atom stereocenters. The van der Waals surface area contributed by atoms with E-state index in [1.807, 2.05) is 0 Å². The van der Waals surface area contributed by atoms with Gasteiger partial charge in [0.05, 0.1) is 12.2 Å². The number of ether oxygens (including phenoxy) is 2. The van der Waals surface area contributed by atoms with Crippen molar-refractivity contribution >= 4 is 6.03 Å². The van der Waals surface area contributed by atoms with E-state index in [1.54, 1.807) is 0 Å². The van der Waals surface area contributed by atoms with E-state index in [-0.39, 0.29) is 17.7 Å². The fourth-order valence-electron chi connectivity index (χ4n) is 3.80. The molecule has 5 heteroatoms. The molecule has 2 aliphatic heterocycles. The number of hydrogen-bond donors (Lipinski definition) is 2. The molecule has 2 saturated heterocycles. The van der Waals surface area contributed by atoms with E-state index >= 15 is 0 Å². The Hall–Kier alpha value is -1.59. The van der Waals surface area contributed by atoms with Crippen LogP contribution in [0.4, 0.5) is 4.79 Å². The Balaban J connectivity index is 1.44. The minimum absolute atomic E-state index is 0.0813. The Kier molecular flexibility index (Phi) is 5.41. The van der Waals surface area contributed by atoms with Crippen molar-refractivity contribution in [2.24, 2.45) is 0 Å². The van der Waals surface area contributed by atoms with Crippen LogP contribution in [0.1, 0.15) is 36.0 Å². The smallest absolute Gasteiger partial charge is 0.315 e. The third kappa shape index (κ3) is 4.08. The fraction of sp³-hybridized carbons (Fsp3) is 0.632. The topological polar surface area (TPSA) is 59.6 Å². The predicted molar refractivity (Wildman–Crippen MR) is 93.3 cm³/mol. The largest absolute Gasteiger partial charge is 0.378 e. The van der Waals surface area contributed by atoms with Crippen molar-refractivity contribution in [2.45, 2.75) is 51.2 Å². The SMILES string of the molecule is Cc1cccc(C)c1CCNC(=O)N[C@@H]1CCO[C@@]2(CCOC2)C1. The number of rotatable bonds is 4. The summed E-state index contributed by atoms with van der Waals surface area (Å²) in [5.74, 6) is 0. The second kappa shape index (κ2) is 7.53. The molecule has 5 nitrogen and oxygen atoms in total. The highest BCUT2D eigenvalue weighted by Crippen LogP contribution is 2.32. The highest BCUT2D eigenvalue weighted by atomic mass is 16.6.